The van der Waals surface area contributed by atoms with Crippen LogP contribution in [-0.4, -0.2) is 39.9 Å². The highest BCUT2D eigenvalue weighted by atomic mass is 16.5. The van der Waals surface area contributed by atoms with Gasteiger partial charge < -0.3 is 9.64 Å². The predicted octanol–water partition coefficient (Wildman–Crippen LogP) is 2.62. The molecule has 6 heteroatoms. The second-order valence-corrected chi connectivity index (χ2v) is 6.24. The Morgan fingerprint density at radius 2 is 2.27 bits per heavy atom. The van der Waals surface area contributed by atoms with E-state index in [0.717, 1.165) is 25.3 Å². The van der Waals surface area contributed by atoms with E-state index in [9.17, 15) is 0 Å². The van der Waals surface area contributed by atoms with Crippen LogP contribution in [-0.2, 0) is 0 Å². The highest BCUT2D eigenvalue weighted by Crippen LogP contribution is 2.28. The quantitative estimate of drug-likeness (QED) is 0.919. The minimum atomic E-state index is 0.478. The summed E-state index contributed by atoms with van der Waals surface area (Å²) < 4.78 is 5.68. The third kappa shape index (κ3) is 3.55. The normalized spacial score (nSPS) is 18.7. The number of nitrogens with one attached hydrogen (secondary N) is 1. The van der Waals surface area contributed by atoms with E-state index in [4.69, 9.17) is 4.74 Å². The van der Waals surface area contributed by atoms with E-state index in [0.29, 0.717) is 24.3 Å². The van der Waals surface area contributed by atoms with Crippen LogP contribution in [0, 0.1) is 5.92 Å². The molecule has 0 saturated carbocycles. The molecular formula is C16H23N5O. The molecular weight excluding hydrogens is 278 g/mol. The van der Waals surface area contributed by atoms with E-state index in [1.807, 2.05) is 18.6 Å². The van der Waals surface area contributed by atoms with Crippen LogP contribution in [0.5, 0.6) is 5.88 Å². The zero-order valence-corrected chi connectivity index (χ0v) is 13.2. The van der Waals surface area contributed by atoms with Gasteiger partial charge in [0.15, 0.2) is 5.82 Å². The summed E-state index contributed by atoms with van der Waals surface area (Å²) >= 11 is 0. The Kier molecular flexibility index (Phi) is 4.56. The Balaban J connectivity index is 1.69. The molecule has 1 unspecified atom stereocenters. The van der Waals surface area contributed by atoms with Gasteiger partial charge >= 0.3 is 0 Å². The molecule has 2 aromatic rings. The fourth-order valence-corrected chi connectivity index (χ4v) is 2.75. The number of nitrogens with zero attached hydrogens (tertiary/aromatic N) is 4. The standard InChI is InChI=1S/C16H23N5O/c1-12(2)11-22-16-9-17-8-15(20-16)21-5-3-4-13(10-21)14-6-18-19-7-14/h6-9,12-13H,3-5,10-11H2,1-2H3,(H,18,19). The van der Waals surface area contributed by atoms with Gasteiger partial charge in [0.25, 0.3) is 0 Å². The first-order chi connectivity index (χ1) is 10.7. The minimum absolute atomic E-state index is 0.478. The lowest BCUT2D eigenvalue weighted by atomic mass is 9.93. The average Bonchev–Trinajstić information content (AvgIpc) is 3.08. The van der Waals surface area contributed by atoms with Crippen molar-refractivity contribution in [3.63, 3.8) is 0 Å². The lowest BCUT2D eigenvalue weighted by Gasteiger charge is -2.33. The van der Waals surface area contributed by atoms with Crippen LogP contribution in [0.25, 0.3) is 0 Å². The number of rotatable bonds is 5. The molecule has 3 heterocycles. The van der Waals surface area contributed by atoms with E-state index in [1.54, 1.807) is 6.20 Å². The number of aromatic nitrogens is 4. The van der Waals surface area contributed by atoms with Crippen LogP contribution in [0.1, 0.15) is 38.2 Å². The molecule has 118 valence electrons. The van der Waals surface area contributed by atoms with Gasteiger partial charge in [-0.25, -0.2) is 0 Å². The molecule has 3 rings (SSSR count). The number of piperidine rings is 1. The molecule has 22 heavy (non-hydrogen) atoms. The second-order valence-electron chi connectivity index (χ2n) is 6.24. The first-order valence-electron chi connectivity index (χ1n) is 7.91. The SMILES string of the molecule is CC(C)COc1cncc(N2CCCC(c3cn[nH]c3)C2)n1. The Bertz CT molecular complexity index is 584. The van der Waals surface area contributed by atoms with Crippen molar-refractivity contribution >= 4 is 5.82 Å². The maximum absolute atomic E-state index is 5.68. The van der Waals surface area contributed by atoms with Crippen LogP contribution in [0.15, 0.2) is 24.8 Å². The summed E-state index contributed by atoms with van der Waals surface area (Å²) in [6.07, 6.45) is 9.75. The highest BCUT2D eigenvalue weighted by molar-refractivity contribution is 5.39. The number of ether oxygens (including phenoxy) is 1. The third-order valence-electron chi connectivity index (χ3n) is 3.90. The molecule has 6 nitrogen and oxygen atoms in total. The molecule has 0 aliphatic carbocycles. The molecule has 1 saturated heterocycles. The summed E-state index contributed by atoms with van der Waals surface area (Å²) in [6.45, 7) is 6.86. The minimum Gasteiger partial charge on any atom is -0.476 e. The average molecular weight is 301 g/mol. The van der Waals surface area contributed by atoms with E-state index < -0.39 is 0 Å². The molecule has 1 aliphatic rings. The highest BCUT2D eigenvalue weighted by Gasteiger charge is 2.23. The summed E-state index contributed by atoms with van der Waals surface area (Å²) in [5.41, 5.74) is 1.27. The smallest absolute Gasteiger partial charge is 0.234 e. The largest absolute Gasteiger partial charge is 0.476 e. The zero-order chi connectivity index (χ0) is 15.4. The molecule has 0 amide bonds. The topological polar surface area (TPSA) is 66.9 Å². The lowest BCUT2D eigenvalue weighted by molar-refractivity contribution is 0.260. The molecule has 1 aliphatic heterocycles. The van der Waals surface area contributed by atoms with Gasteiger partial charge in [-0.15, -0.1) is 0 Å². The molecule has 0 bridgehead atoms. The van der Waals surface area contributed by atoms with Gasteiger partial charge in [0.2, 0.25) is 5.88 Å². The lowest BCUT2D eigenvalue weighted by Crippen LogP contribution is -2.35. The maximum Gasteiger partial charge on any atom is 0.234 e. The summed E-state index contributed by atoms with van der Waals surface area (Å²) in [5.74, 6) is 2.48. The molecule has 0 radical (unpaired) electrons. The van der Waals surface area contributed by atoms with Gasteiger partial charge in [0, 0.05) is 25.2 Å². The summed E-state index contributed by atoms with van der Waals surface area (Å²) in [5, 5.41) is 6.96. The van der Waals surface area contributed by atoms with Gasteiger partial charge in [-0.05, 0) is 24.3 Å². The van der Waals surface area contributed by atoms with Gasteiger partial charge in [-0.3, -0.25) is 10.1 Å². The van der Waals surface area contributed by atoms with Crippen molar-refractivity contribution < 1.29 is 4.74 Å². The van der Waals surface area contributed by atoms with E-state index >= 15 is 0 Å². The van der Waals surface area contributed by atoms with Crippen LogP contribution in [0.4, 0.5) is 5.82 Å². The Morgan fingerprint density at radius 3 is 3.05 bits per heavy atom. The third-order valence-corrected chi connectivity index (χ3v) is 3.90. The van der Waals surface area contributed by atoms with Crippen molar-refractivity contribution in [2.24, 2.45) is 5.92 Å². The maximum atomic E-state index is 5.68. The van der Waals surface area contributed by atoms with Crippen LogP contribution >= 0.6 is 0 Å². The van der Waals surface area contributed by atoms with Crippen molar-refractivity contribution in [3.05, 3.63) is 30.4 Å². The molecule has 0 spiro atoms. The molecule has 1 fully saturated rings. The molecule has 1 N–H and O–H groups in total. The number of anilines is 1. The fourth-order valence-electron chi connectivity index (χ4n) is 2.75. The molecule has 2 aromatic heterocycles. The van der Waals surface area contributed by atoms with E-state index in [-0.39, 0.29) is 0 Å². The summed E-state index contributed by atoms with van der Waals surface area (Å²) in [4.78, 5) is 11.2. The van der Waals surface area contributed by atoms with Crippen molar-refractivity contribution in [2.75, 3.05) is 24.6 Å². The first-order valence-corrected chi connectivity index (χ1v) is 7.91. The van der Waals surface area contributed by atoms with Crippen molar-refractivity contribution in [1.29, 1.82) is 0 Å². The molecule has 1 atom stereocenters. The van der Waals surface area contributed by atoms with Crippen LogP contribution < -0.4 is 9.64 Å². The van der Waals surface area contributed by atoms with E-state index in [2.05, 4.69) is 38.9 Å². The van der Waals surface area contributed by atoms with Crippen LogP contribution in [0.3, 0.4) is 0 Å². The Hall–Kier alpha value is -2.11. The van der Waals surface area contributed by atoms with Crippen molar-refractivity contribution in [3.8, 4) is 5.88 Å². The van der Waals surface area contributed by atoms with E-state index in [1.165, 1.54) is 12.0 Å². The number of aromatic amines is 1. The summed E-state index contributed by atoms with van der Waals surface area (Å²) in [6, 6.07) is 0. The van der Waals surface area contributed by atoms with Gasteiger partial charge in [0.1, 0.15) is 0 Å². The predicted molar refractivity (Wildman–Crippen MR) is 85.1 cm³/mol. The second kappa shape index (κ2) is 6.77. The first kappa shape index (κ1) is 14.8. The Labute approximate surface area is 130 Å². The number of hydrogen-bond acceptors (Lipinski definition) is 5. The van der Waals surface area contributed by atoms with Crippen LogP contribution in [0.2, 0.25) is 0 Å². The van der Waals surface area contributed by atoms with Gasteiger partial charge in [0.05, 0.1) is 25.2 Å². The fraction of sp³-hybridized carbons (Fsp3) is 0.562. The monoisotopic (exact) mass is 301 g/mol. The number of hydrogen-bond donors (Lipinski definition) is 1. The molecule has 0 aromatic carbocycles. The van der Waals surface area contributed by atoms with Gasteiger partial charge in [-0.1, -0.05) is 13.8 Å². The van der Waals surface area contributed by atoms with Crippen molar-refractivity contribution in [2.45, 2.75) is 32.6 Å². The zero-order valence-electron chi connectivity index (χ0n) is 13.2. The number of H-pyrrole nitrogens is 1. The Morgan fingerprint density at radius 1 is 1.36 bits per heavy atom. The van der Waals surface area contributed by atoms with Crippen molar-refractivity contribution in [1.82, 2.24) is 20.2 Å². The van der Waals surface area contributed by atoms with Gasteiger partial charge in [-0.2, -0.15) is 10.1 Å². The summed E-state index contributed by atoms with van der Waals surface area (Å²) in [7, 11) is 0.